The third-order valence-corrected chi connectivity index (χ3v) is 5.61. The van der Waals surface area contributed by atoms with E-state index in [1.165, 1.54) is 7.11 Å². The maximum absolute atomic E-state index is 12.8. The van der Waals surface area contributed by atoms with Crippen LogP contribution >= 0.6 is 0 Å². The highest BCUT2D eigenvalue weighted by Gasteiger charge is 2.35. The number of rotatable bonds is 5. The van der Waals surface area contributed by atoms with Crippen molar-refractivity contribution >= 4 is 24.0 Å². The summed E-state index contributed by atoms with van der Waals surface area (Å²) in [7, 11) is 1.35. The van der Waals surface area contributed by atoms with Gasteiger partial charge in [-0.05, 0) is 56.9 Å². The van der Waals surface area contributed by atoms with Gasteiger partial charge >= 0.3 is 5.97 Å². The third kappa shape index (κ3) is 4.07. The molecular weight excluding hydrogens is 346 g/mol. The topological polar surface area (TPSA) is 79.0 Å². The van der Waals surface area contributed by atoms with Crippen molar-refractivity contribution in [2.24, 2.45) is 0 Å². The highest BCUT2D eigenvalue weighted by atomic mass is 16.5. The minimum Gasteiger partial charge on any atom is -0.467 e. The molecule has 146 valence electrons. The van der Waals surface area contributed by atoms with E-state index in [9.17, 15) is 14.4 Å². The molecule has 2 aliphatic heterocycles. The molecule has 0 radical (unpaired) electrons. The van der Waals surface area contributed by atoms with Gasteiger partial charge in [0.25, 0.3) is 5.91 Å². The fourth-order valence-electron chi connectivity index (χ4n) is 4.16. The molecule has 0 saturated carbocycles. The number of hydrogen-bond donors (Lipinski definition) is 1. The summed E-state index contributed by atoms with van der Waals surface area (Å²) in [6.07, 6.45) is 4.03. The van der Waals surface area contributed by atoms with Gasteiger partial charge in [0.05, 0.1) is 7.11 Å². The maximum Gasteiger partial charge on any atom is 0.328 e. The van der Waals surface area contributed by atoms with Gasteiger partial charge < -0.3 is 19.9 Å². The minimum atomic E-state index is -0.480. The molecule has 1 aromatic carbocycles. The number of nitrogens with one attached hydrogen (secondary N) is 1. The molecule has 1 aromatic rings. The van der Waals surface area contributed by atoms with E-state index in [4.69, 9.17) is 4.74 Å². The zero-order chi connectivity index (χ0) is 19.4. The molecule has 2 fully saturated rings. The number of esters is 1. The Kier molecular flexibility index (Phi) is 5.98. The first kappa shape index (κ1) is 19.2. The minimum absolute atomic E-state index is 0.128. The zero-order valence-electron chi connectivity index (χ0n) is 15.9. The largest absolute Gasteiger partial charge is 0.467 e. The van der Waals surface area contributed by atoms with Gasteiger partial charge in [0, 0.05) is 36.4 Å². The fourth-order valence-corrected chi connectivity index (χ4v) is 4.16. The number of likely N-dealkylation sites (tertiary alicyclic amines) is 1. The lowest BCUT2D eigenvalue weighted by atomic mass is 9.97. The molecule has 0 aromatic heterocycles. The molecule has 7 nitrogen and oxygen atoms in total. The number of amides is 2. The molecule has 2 saturated heterocycles. The summed E-state index contributed by atoms with van der Waals surface area (Å²) in [5.74, 6) is -0.477. The van der Waals surface area contributed by atoms with E-state index in [0.717, 1.165) is 37.9 Å². The van der Waals surface area contributed by atoms with Crippen molar-refractivity contribution in [1.29, 1.82) is 0 Å². The lowest BCUT2D eigenvalue weighted by molar-refractivity contribution is -0.145. The second-order valence-electron chi connectivity index (χ2n) is 7.27. The van der Waals surface area contributed by atoms with E-state index in [0.29, 0.717) is 24.6 Å². The van der Waals surface area contributed by atoms with Crippen LogP contribution in [-0.2, 0) is 14.3 Å². The van der Waals surface area contributed by atoms with E-state index >= 15 is 0 Å². The summed E-state index contributed by atoms with van der Waals surface area (Å²) >= 11 is 0. The smallest absolute Gasteiger partial charge is 0.328 e. The molecule has 1 N–H and O–H groups in total. The molecule has 2 heterocycles. The van der Waals surface area contributed by atoms with Crippen molar-refractivity contribution < 1.29 is 19.1 Å². The van der Waals surface area contributed by atoms with E-state index in [-0.39, 0.29) is 17.9 Å². The molecular formula is C20H27N3O4. The number of methoxy groups -OCH3 is 1. The molecule has 2 aliphatic rings. The van der Waals surface area contributed by atoms with Gasteiger partial charge in [-0.3, -0.25) is 9.59 Å². The van der Waals surface area contributed by atoms with Gasteiger partial charge in [-0.25, -0.2) is 4.79 Å². The number of ether oxygens (including phenoxy) is 1. The quantitative estimate of drug-likeness (QED) is 0.626. The van der Waals surface area contributed by atoms with E-state index in [1.54, 1.807) is 4.90 Å². The first-order valence-corrected chi connectivity index (χ1v) is 9.50. The van der Waals surface area contributed by atoms with Crippen molar-refractivity contribution in [2.75, 3.05) is 25.1 Å². The summed E-state index contributed by atoms with van der Waals surface area (Å²) in [6.45, 7) is 3.58. The van der Waals surface area contributed by atoms with Crippen molar-refractivity contribution in [3.63, 3.8) is 0 Å². The van der Waals surface area contributed by atoms with Crippen molar-refractivity contribution in [1.82, 2.24) is 10.2 Å². The zero-order valence-corrected chi connectivity index (χ0v) is 15.9. The average molecular weight is 373 g/mol. The van der Waals surface area contributed by atoms with Gasteiger partial charge in [-0.2, -0.15) is 0 Å². The molecule has 0 spiro atoms. The summed E-state index contributed by atoms with van der Waals surface area (Å²) in [5, 5.41) is 2.87. The number of nitrogens with zero attached hydrogens (tertiary/aromatic N) is 2. The Morgan fingerprint density at radius 3 is 2.56 bits per heavy atom. The maximum atomic E-state index is 12.8. The SMILES string of the molecule is COC(=O)[C@@H]1CCCN1C(=O)c1ccc(N2CCC(NC=O)CC2C)cc1. The van der Waals surface area contributed by atoms with Gasteiger partial charge in [-0.1, -0.05) is 0 Å². The first-order valence-electron chi connectivity index (χ1n) is 9.50. The Balaban J connectivity index is 1.67. The van der Waals surface area contributed by atoms with Crippen LogP contribution in [0, 0.1) is 0 Å². The van der Waals surface area contributed by atoms with Gasteiger partial charge in [0.15, 0.2) is 0 Å². The molecule has 27 heavy (non-hydrogen) atoms. The highest BCUT2D eigenvalue weighted by molar-refractivity contribution is 5.97. The van der Waals surface area contributed by atoms with Gasteiger partial charge in [0.1, 0.15) is 6.04 Å². The Morgan fingerprint density at radius 1 is 1.19 bits per heavy atom. The fraction of sp³-hybridized carbons (Fsp3) is 0.550. The van der Waals surface area contributed by atoms with Crippen LogP contribution < -0.4 is 10.2 Å². The normalized spacial score (nSPS) is 25.2. The predicted octanol–water partition coefficient (Wildman–Crippen LogP) is 1.57. The monoisotopic (exact) mass is 373 g/mol. The molecule has 3 rings (SSSR count). The molecule has 2 unspecified atom stereocenters. The van der Waals surface area contributed by atoms with Gasteiger partial charge in [-0.15, -0.1) is 0 Å². The van der Waals surface area contributed by atoms with Crippen LogP contribution in [0.15, 0.2) is 24.3 Å². The third-order valence-electron chi connectivity index (χ3n) is 5.61. The number of carbonyl (C=O) groups excluding carboxylic acids is 3. The Bertz CT molecular complexity index is 691. The van der Waals surface area contributed by atoms with E-state index in [1.807, 2.05) is 24.3 Å². The van der Waals surface area contributed by atoms with Crippen molar-refractivity contribution in [2.45, 2.75) is 50.7 Å². The summed E-state index contributed by atoms with van der Waals surface area (Å²) in [5.41, 5.74) is 1.65. The van der Waals surface area contributed by atoms with Crippen LogP contribution in [-0.4, -0.2) is 61.5 Å². The molecule has 7 heteroatoms. The number of piperidine rings is 1. The Hall–Kier alpha value is -2.57. The van der Waals surface area contributed by atoms with Gasteiger partial charge in [0.2, 0.25) is 6.41 Å². The van der Waals surface area contributed by atoms with Crippen LogP contribution in [0.4, 0.5) is 5.69 Å². The number of benzene rings is 1. The Morgan fingerprint density at radius 2 is 1.93 bits per heavy atom. The number of hydrogen-bond acceptors (Lipinski definition) is 5. The molecule has 3 atom stereocenters. The lowest BCUT2D eigenvalue weighted by Crippen LogP contribution is -2.47. The van der Waals surface area contributed by atoms with Crippen LogP contribution in [0.3, 0.4) is 0 Å². The van der Waals surface area contributed by atoms with Crippen LogP contribution in [0.25, 0.3) is 0 Å². The Labute approximate surface area is 159 Å². The van der Waals surface area contributed by atoms with E-state index < -0.39 is 6.04 Å². The van der Waals surface area contributed by atoms with Crippen LogP contribution in [0.2, 0.25) is 0 Å². The first-order chi connectivity index (χ1) is 13.0. The van der Waals surface area contributed by atoms with Crippen molar-refractivity contribution in [3.05, 3.63) is 29.8 Å². The highest BCUT2D eigenvalue weighted by Crippen LogP contribution is 2.26. The lowest BCUT2D eigenvalue weighted by Gasteiger charge is -2.39. The average Bonchev–Trinajstić information content (AvgIpc) is 3.17. The molecule has 0 bridgehead atoms. The predicted molar refractivity (Wildman–Crippen MR) is 102 cm³/mol. The number of carbonyl (C=O) groups is 3. The van der Waals surface area contributed by atoms with Crippen LogP contribution in [0.1, 0.15) is 43.0 Å². The van der Waals surface area contributed by atoms with Crippen LogP contribution in [0.5, 0.6) is 0 Å². The summed E-state index contributed by atoms with van der Waals surface area (Å²) in [4.78, 5) is 39.2. The summed E-state index contributed by atoms with van der Waals surface area (Å²) < 4.78 is 4.82. The molecule has 0 aliphatic carbocycles. The second kappa shape index (κ2) is 8.41. The molecule has 2 amide bonds. The summed E-state index contributed by atoms with van der Waals surface area (Å²) in [6, 6.07) is 7.62. The number of anilines is 1. The standard InChI is InChI=1S/C20H27N3O4/c1-14-12-16(21-13-24)9-11-22(14)17-7-5-15(6-8-17)19(25)23-10-3-4-18(23)20(26)27-2/h5-8,13-14,16,18H,3-4,9-12H2,1-2H3,(H,21,24)/t14?,16?,18-/m0/s1. The second-order valence-corrected chi connectivity index (χ2v) is 7.27. The van der Waals surface area contributed by atoms with Crippen molar-refractivity contribution in [3.8, 4) is 0 Å². The van der Waals surface area contributed by atoms with E-state index in [2.05, 4.69) is 17.1 Å².